The van der Waals surface area contributed by atoms with Crippen molar-refractivity contribution >= 4 is 28.7 Å². The number of benzene rings is 1. The van der Waals surface area contributed by atoms with Gasteiger partial charge in [-0.1, -0.05) is 0 Å². The van der Waals surface area contributed by atoms with Crippen molar-refractivity contribution in [1.29, 1.82) is 0 Å². The van der Waals surface area contributed by atoms with E-state index in [2.05, 4.69) is 20.2 Å². The van der Waals surface area contributed by atoms with Gasteiger partial charge in [-0.15, -0.1) is 0 Å². The van der Waals surface area contributed by atoms with Gasteiger partial charge in [-0.25, -0.2) is 9.37 Å². The second-order valence-corrected chi connectivity index (χ2v) is 5.95. The smallest absolute Gasteiger partial charge is 0.139 e. The molecular formula is C18H17FN4O. The number of carbonyl (C=O) groups excluding carboxylic acids is 1. The highest BCUT2D eigenvalue weighted by Crippen LogP contribution is 2.33. The van der Waals surface area contributed by atoms with Gasteiger partial charge < -0.3 is 15.1 Å². The number of halogens is 1. The molecule has 3 heterocycles. The molecule has 1 aliphatic heterocycles. The SMILES string of the molecule is O=CCN1CCc2[nH]c3nccc(Nc4ccc(F)cc4)c3c2C1. The van der Waals surface area contributed by atoms with Gasteiger partial charge in [0.15, 0.2) is 0 Å². The van der Waals surface area contributed by atoms with E-state index in [0.29, 0.717) is 6.54 Å². The number of nitrogens with zero attached hydrogens (tertiary/aromatic N) is 2. The van der Waals surface area contributed by atoms with E-state index in [4.69, 9.17) is 0 Å². The molecule has 0 spiro atoms. The predicted molar refractivity (Wildman–Crippen MR) is 90.8 cm³/mol. The number of H-pyrrole nitrogens is 1. The number of anilines is 2. The molecule has 0 fully saturated rings. The lowest BCUT2D eigenvalue weighted by Crippen LogP contribution is -2.31. The fourth-order valence-electron chi connectivity index (χ4n) is 3.25. The van der Waals surface area contributed by atoms with Gasteiger partial charge >= 0.3 is 0 Å². The number of rotatable bonds is 4. The van der Waals surface area contributed by atoms with Crippen LogP contribution in [0.5, 0.6) is 0 Å². The Hall–Kier alpha value is -2.73. The number of aldehydes is 1. The fraction of sp³-hybridized carbons (Fsp3) is 0.222. The summed E-state index contributed by atoms with van der Waals surface area (Å²) in [6.45, 7) is 2.02. The molecule has 2 N–H and O–H groups in total. The van der Waals surface area contributed by atoms with E-state index in [1.165, 1.54) is 23.4 Å². The molecule has 0 unspecified atom stereocenters. The van der Waals surface area contributed by atoms with Crippen LogP contribution in [0.25, 0.3) is 11.0 Å². The van der Waals surface area contributed by atoms with Crippen LogP contribution < -0.4 is 5.32 Å². The van der Waals surface area contributed by atoms with E-state index in [9.17, 15) is 9.18 Å². The molecule has 0 aliphatic carbocycles. The van der Waals surface area contributed by atoms with Crippen LogP contribution in [-0.4, -0.2) is 34.2 Å². The van der Waals surface area contributed by atoms with Crippen molar-refractivity contribution in [2.45, 2.75) is 13.0 Å². The third-order valence-electron chi connectivity index (χ3n) is 4.40. The molecule has 6 heteroatoms. The zero-order valence-corrected chi connectivity index (χ0v) is 13.1. The van der Waals surface area contributed by atoms with E-state index in [0.717, 1.165) is 48.2 Å². The van der Waals surface area contributed by atoms with Crippen LogP contribution in [-0.2, 0) is 17.8 Å². The Morgan fingerprint density at radius 1 is 1.29 bits per heavy atom. The lowest BCUT2D eigenvalue weighted by Gasteiger charge is -2.25. The number of hydrogen-bond acceptors (Lipinski definition) is 4. The fourth-order valence-corrected chi connectivity index (χ4v) is 3.25. The summed E-state index contributed by atoms with van der Waals surface area (Å²) in [7, 11) is 0. The lowest BCUT2D eigenvalue weighted by atomic mass is 10.0. The highest BCUT2D eigenvalue weighted by molar-refractivity contribution is 5.95. The Labute approximate surface area is 138 Å². The van der Waals surface area contributed by atoms with Crippen molar-refractivity contribution < 1.29 is 9.18 Å². The van der Waals surface area contributed by atoms with E-state index in [1.807, 2.05) is 6.07 Å². The van der Waals surface area contributed by atoms with Gasteiger partial charge in [-0.05, 0) is 35.9 Å². The number of aromatic nitrogens is 2. The Kier molecular flexibility index (Phi) is 3.74. The Morgan fingerprint density at radius 2 is 2.12 bits per heavy atom. The molecule has 3 aromatic rings. The average molecular weight is 324 g/mol. The van der Waals surface area contributed by atoms with Gasteiger partial charge in [0.05, 0.1) is 12.2 Å². The second kappa shape index (κ2) is 6.05. The minimum atomic E-state index is -0.260. The molecule has 5 nitrogen and oxygen atoms in total. The lowest BCUT2D eigenvalue weighted by molar-refractivity contribution is -0.109. The van der Waals surface area contributed by atoms with Gasteiger partial charge in [0.1, 0.15) is 17.8 Å². The predicted octanol–water partition coefficient (Wildman–Crippen LogP) is 3.00. The number of carbonyl (C=O) groups is 1. The largest absolute Gasteiger partial charge is 0.355 e. The van der Waals surface area contributed by atoms with Crippen LogP contribution in [0.2, 0.25) is 0 Å². The van der Waals surface area contributed by atoms with Crippen LogP contribution in [0.3, 0.4) is 0 Å². The molecule has 0 saturated carbocycles. The van der Waals surface area contributed by atoms with Crippen molar-refractivity contribution in [3.63, 3.8) is 0 Å². The van der Waals surface area contributed by atoms with Crippen molar-refractivity contribution in [3.8, 4) is 0 Å². The third-order valence-corrected chi connectivity index (χ3v) is 4.40. The van der Waals surface area contributed by atoms with Gasteiger partial charge in [0.2, 0.25) is 0 Å². The molecule has 0 amide bonds. The Morgan fingerprint density at radius 3 is 2.92 bits per heavy atom. The highest BCUT2D eigenvalue weighted by atomic mass is 19.1. The average Bonchev–Trinajstić information content (AvgIpc) is 2.96. The van der Waals surface area contributed by atoms with Crippen LogP contribution in [0.15, 0.2) is 36.5 Å². The molecule has 0 bridgehead atoms. The van der Waals surface area contributed by atoms with Crippen LogP contribution in [0.4, 0.5) is 15.8 Å². The molecule has 1 aliphatic rings. The zero-order chi connectivity index (χ0) is 16.5. The van der Waals surface area contributed by atoms with Gasteiger partial charge in [0, 0.05) is 42.5 Å². The quantitative estimate of drug-likeness (QED) is 0.724. The maximum absolute atomic E-state index is 13.1. The molecule has 0 saturated heterocycles. The van der Waals surface area contributed by atoms with Crippen LogP contribution in [0.1, 0.15) is 11.3 Å². The first kappa shape index (κ1) is 14.8. The maximum Gasteiger partial charge on any atom is 0.139 e. The number of aromatic amines is 1. The summed E-state index contributed by atoms with van der Waals surface area (Å²) in [5.41, 5.74) is 4.93. The summed E-state index contributed by atoms with van der Waals surface area (Å²) in [5.74, 6) is -0.260. The normalized spacial score (nSPS) is 14.5. The van der Waals surface area contributed by atoms with Crippen molar-refractivity contribution in [2.75, 3.05) is 18.4 Å². The molecular weight excluding hydrogens is 307 g/mol. The zero-order valence-electron chi connectivity index (χ0n) is 13.1. The summed E-state index contributed by atoms with van der Waals surface area (Å²) >= 11 is 0. The minimum absolute atomic E-state index is 0.260. The molecule has 122 valence electrons. The molecule has 0 atom stereocenters. The van der Waals surface area contributed by atoms with E-state index in [-0.39, 0.29) is 5.82 Å². The van der Waals surface area contributed by atoms with Crippen molar-refractivity contribution in [2.24, 2.45) is 0 Å². The van der Waals surface area contributed by atoms with Crippen LogP contribution >= 0.6 is 0 Å². The maximum atomic E-state index is 13.1. The standard InChI is InChI=1S/C18H17FN4O/c19-12-1-3-13(4-2-12)21-16-5-7-20-18-17(16)14-11-23(9-10-24)8-6-15(14)22-18/h1-5,7,10H,6,8-9,11H2,(H2,20,21,22). The van der Waals surface area contributed by atoms with Gasteiger partial charge in [-0.3, -0.25) is 4.90 Å². The number of nitrogens with one attached hydrogen (secondary N) is 2. The molecule has 1 aromatic carbocycles. The molecule has 2 aromatic heterocycles. The van der Waals surface area contributed by atoms with Gasteiger partial charge in [0.25, 0.3) is 0 Å². The first-order valence-corrected chi connectivity index (χ1v) is 7.91. The monoisotopic (exact) mass is 324 g/mol. The van der Waals surface area contributed by atoms with E-state index >= 15 is 0 Å². The summed E-state index contributed by atoms with van der Waals surface area (Å²) in [6.07, 6.45) is 3.56. The highest BCUT2D eigenvalue weighted by Gasteiger charge is 2.22. The second-order valence-electron chi connectivity index (χ2n) is 5.95. The molecule has 4 rings (SSSR count). The van der Waals surface area contributed by atoms with Gasteiger partial charge in [-0.2, -0.15) is 0 Å². The summed E-state index contributed by atoms with van der Waals surface area (Å²) < 4.78 is 13.1. The number of fused-ring (bicyclic) bond motifs is 3. The number of hydrogen-bond donors (Lipinski definition) is 2. The van der Waals surface area contributed by atoms with Crippen molar-refractivity contribution in [3.05, 3.63) is 53.6 Å². The van der Waals surface area contributed by atoms with E-state index in [1.54, 1.807) is 18.3 Å². The molecule has 24 heavy (non-hydrogen) atoms. The third kappa shape index (κ3) is 2.65. The summed E-state index contributed by atoms with van der Waals surface area (Å²) in [4.78, 5) is 20.8. The Bertz CT molecular complexity index is 888. The summed E-state index contributed by atoms with van der Waals surface area (Å²) in [5, 5.41) is 4.38. The summed E-state index contributed by atoms with van der Waals surface area (Å²) in [6, 6.07) is 8.19. The number of pyridine rings is 1. The first-order valence-electron chi connectivity index (χ1n) is 7.91. The topological polar surface area (TPSA) is 61.0 Å². The Balaban J connectivity index is 1.75. The van der Waals surface area contributed by atoms with Crippen molar-refractivity contribution in [1.82, 2.24) is 14.9 Å². The minimum Gasteiger partial charge on any atom is -0.355 e. The first-order chi connectivity index (χ1) is 11.7. The van der Waals surface area contributed by atoms with Crippen LogP contribution in [0, 0.1) is 5.82 Å². The molecule has 0 radical (unpaired) electrons. The van der Waals surface area contributed by atoms with E-state index < -0.39 is 0 Å².